The lowest BCUT2D eigenvalue weighted by Crippen LogP contribution is -1.95. The second-order valence-electron chi connectivity index (χ2n) is 4.75. The van der Waals surface area contributed by atoms with Crippen LogP contribution in [-0.2, 0) is 6.61 Å². The molecular formula is C17H14N2O2. The average Bonchev–Trinajstić information content (AvgIpc) is 2.50. The van der Waals surface area contributed by atoms with Crippen LogP contribution in [0, 0.1) is 36.5 Å². The number of hydrogen-bond donors (Lipinski definition) is 1. The SMILES string of the molecule is Cc1cc(C#N)cc(C)c1Oc1ccc(CO)cc1C#N. The number of hydrogen-bond acceptors (Lipinski definition) is 4. The van der Waals surface area contributed by atoms with E-state index < -0.39 is 0 Å². The number of benzene rings is 2. The van der Waals surface area contributed by atoms with Crippen LogP contribution in [0.5, 0.6) is 11.5 Å². The summed E-state index contributed by atoms with van der Waals surface area (Å²) in [6.07, 6.45) is 0. The highest BCUT2D eigenvalue weighted by Gasteiger charge is 2.11. The fourth-order valence-electron chi connectivity index (χ4n) is 2.14. The minimum atomic E-state index is -0.121. The van der Waals surface area contributed by atoms with Gasteiger partial charge in [0.25, 0.3) is 0 Å². The molecule has 1 N–H and O–H groups in total. The second kappa shape index (κ2) is 6.09. The molecular weight excluding hydrogens is 264 g/mol. The van der Waals surface area contributed by atoms with Crippen molar-refractivity contribution in [3.8, 4) is 23.6 Å². The summed E-state index contributed by atoms with van der Waals surface area (Å²) in [4.78, 5) is 0. The third kappa shape index (κ3) is 3.02. The highest BCUT2D eigenvalue weighted by Crippen LogP contribution is 2.32. The van der Waals surface area contributed by atoms with Gasteiger partial charge in [-0.3, -0.25) is 0 Å². The van der Waals surface area contributed by atoms with Gasteiger partial charge in [0.15, 0.2) is 0 Å². The monoisotopic (exact) mass is 278 g/mol. The minimum Gasteiger partial charge on any atom is -0.455 e. The molecule has 0 bridgehead atoms. The van der Waals surface area contributed by atoms with Gasteiger partial charge in [0.2, 0.25) is 0 Å². The standard InChI is InChI=1S/C17H14N2O2/c1-11-5-14(8-18)6-12(2)17(11)21-16-4-3-13(10-20)7-15(16)9-19/h3-7,20H,10H2,1-2H3. The van der Waals surface area contributed by atoms with Crippen molar-refractivity contribution in [3.63, 3.8) is 0 Å². The number of aliphatic hydroxyl groups is 1. The van der Waals surface area contributed by atoms with Crippen LogP contribution in [0.15, 0.2) is 30.3 Å². The number of nitrogens with zero attached hydrogens (tertiary/aromatic N) is 2. The van der Waals surface area contributed by atoms with E-state index in [-0.39, 0.29) is 6.61 Å². The number of ether oxygens (including phenoxy) is 1. The Kier molecular flexibility index (Phi) is 4.23. The van der Waals surface area contributed by atoms with Gasteiger partial charge in [0.05, 0.1) is 23.8 Å². The fourth-order valence-corrected chi connectivity index (χ4v) is 2.14. The molecule has 4 nitrogen and oxygen atoms in total. The zero-order valence-corrected chi connectivity index (χ0v) is 11.8. The maximum Gasteiger partial charge on any atom is 0.145 e. The van der Waals surface area contributed by atoms with E-state index in [4.69, 9.17) is 15.1 Å². The quantitative estimate of drug-likeness (QED) is 0.934. The molecule has 0 heterocycles. The Morgan fingerprint density at radius 1 is 1.05 bits per heavy atom. The van der Waals surface area contributed by atoms with E-state index in [0.717, 1.165) is 11.1 Å². The second-order valence-corrected chi connectivity index (χ2v) is 4.75. The Balaban J connectivity index is 2.44. The molecule has 0 spiro atoms. The topological polar surface area (TPSA) is 77.0 Å². The van der Waals surface area contributed by atoms with Crippen molar-refractivity contribution >= 4 is 0 Å². The maximum atomic E-state index is 9.18. The van der Waals surface area contributed by atoms with Crippen LogP contribution in [0.1, 0.15) is 27.8 Å². The van der Waals surface area contributed by atoms with Crippen LogP contribution >= 0.6 is 0 Å². The van der Waals surface area contributed by atoms with Crippen molar-refractivity contribution in [1.82, 2.24) is 0 Å². The van der Waals surface area contributed by atoms with Crippen LogP contribution in [0.25, 0.3) is 0 Å². The van der Waals surface area contributed by atoms with Gasteiger partial charge >= 0.3 is 0 Å². The molecule has 0 unspecified atom stereocenters. The smallest absolute Gasteiger partial charge is 0.145 e. The van der Waals surface area contributed by atoms with E-state index in [1.165, 1.54) is 0 Å². The Morgan fingerprint density at radius 3 is 2.24 bits per heavy atom. The zero-order valence-electron chi connectivity index (χ0n) is 11.8. The number of nitriles is 2. The van der Waals surface area contributed by atoms with Gasteiger partial charge in [-0.1, -0.05) is 6.07 Å². The van der Waals surface area contributed by atoms with E-state index in [1.807, 2.05) is 13.8 Å². The van der Waals surface area contributed by atoms with Gasteiger partial charge in [-0.15, -0.1) is 0 Å². The molecule has 0 saturated carbocycles. The maximum absolute atomic E-state index is 9.18. The molecule has 2 aromatic rings. The molecule has 104 valence electrons. The van der Waals surface area contributed by atoms with Crippen molar-refractivity contribution < 1.29 is 9.84 Å². The van der Waals surface area contributed by atoms with Gasteiger partial charge in [-0.2, -0.15) is 10.5 Å². The van der Waals surface area contributed by atoms with Crippen LogP contribution in [-0.4, -0.2) is 5.11 Å². The Labute approximate surface area is 123 Å². The normalized spacial score (nSPS) is 9.76. The molecule has 0 amide bonds. The van der Waals surface area contributed by atoms with Crippen molar-refractivity contribution in [2.75, 3.05) is 0 Å². The van der Waals surface area contributed by atoms with Crippen molar-refractivity contribution in [2.45, 2.75) is 20.5 Å². The lowest BCUT2D eigenvalue weighted by molar-refractivity contribution is 0.281. The van der Waals surface area contributed by atoms with Crippen molar-refractivity contribution in [1.29, 1.82) is 10.5 Å². The van der Waals surface area contributed by atoms with E-state index in [2.05, 4.69) is 12.1 Å². The van der Waals surface area contributed by atoms with E-state index in [9.17, 15) is 5.26 Å². The minimum absolute atomic E-state index is 0.121. The first kappa shape index (κ1) is 14.6. The van der Waals surface area contributed by atoms with Gasteiger partial charge < -0.3 is 9.84 Å². The molecule has 0 aliphatic carbocycles. The average molecular weight is 278 g/mol. The highest BCUT2D eigenvalue weighted by molar-refractivity contribution is 5.52. The summed E-state index contributed by atoms with van der Waals surface area (Å²) < 4.78 is 5.85. The van der Waals surface area contributed by atoms with Crippen molar-refractivity contribution in [2.24, 2.45) is 0 Å². The lowest BCUT2D eigenvalue weighted by atomic mass is 10.1. The Hall–Kier alpha value is -2.82. The predicted octanol–water partition coefficient (Wildman–Crippen LogP) is 3.33. The van der Waals surface area contributed by atoms with Gasteiger partial charge in [-0.05, 0) is 54.8 Å². The predicted molar refractivity (Wildman–Crippen MR) is 77.8 cm³/mol. The summed E-state index contributed by atoms with van der Waals surface area (Å²) >= 11 is 0. The van der Waals surface area contributed by atoms with E-state index in [1.54, 1.807) is 30.3 Å². The lowest BCUT2D eigenvalue weighted by Gasteiger charge is -2.13. The summed E-state index contributed by atoms with van der Waals surface area (Å²) in [5.41, 5.74) is 3.27. The van der Waals surface area contributed by atoms with E-state index in [0.29, 0.717) is 28.2 Å². The largest absolute Gasteiger partial charge is 0.455 e. The number of rotatable bonds is 3. The summed E-state index contributed by atoms with van der Waals surface area (Å²) in [7, 11) is 0. The summed E-state index contributed by atoms with van der Waals surface area (Å²) in [5.74, 6) is 1.08. The molecule has 0 aromatic heterocycles. The Morgan fingerprint density at radius 2 is 1.71 bits per heavy atom. The molecule has 4 heteroatoms. The summed E-state index contributed by atoms with van der Waals surface area (Å²) in [6.45, 7) is 3.60. The highest BCUT2D eigenvalue weighted by atomic mass is 16.5. The number of aliphatic hydroxyl groups excluding tert-OH is 1. The molecule has 21 heavy (non-hydrogen) atoms. The fraction of sp³-hybridized carbons (Fsp3) is 0.176. The molecule has 0 aliphatic rings. The molecule has 0 saturated heterocycles. The third-order valence-electron chi connectivity index (χ3n) is 3.15. The van der Waals surface area contributed by atoms with Gasteiger partial charge in [-0.25, -0.2) is 0 Å². The van der Waals surface area contributed by atoms with Gasteiger partial charge in [0.1, 0.15) is 17.6 Å². The molecule has 0 aliphatic heterocycles. The molecule has 0 atom stereocenters. The summed E-state index contributed by atoms with van der Waals surface area (Å²) in [5, 5.41) is 27.2. The Bertz CT molecular complexity index is 744. The van der Waals surface area contributed by atoms with Crippen LogP contribution < -0.4 is 4.74 Å². The van der Waals surface area contributed by atoms with Gasteiger partial charge in [0, 0.05) is 0 Å². The first-order valence-corrected chi connectivity index (χ1v) is 6.42. The third-order valence-corrected chi connectivity index (χ3v) is 3.15. The van der Waals surface area contributed by atoms with E-state index >= 15 is 0 Å². The first-order valence-electron chi connectivity index (χ1n) is 6.42. The molecule has 0 fully saturated rings. The van der Waals surface area contributed by atoms with Crippen LogP contribution in [0.2, 0.25) is 0 Å². The first-order chi connectivity index (χ1) is 10.1. The van der Waals surface area contributed by atoms with Crippen molar-refractivity contribution in [3.05, 3.63) is 58.1 Å². The number of aryl methyl sites for hydroxylation is 2. The molecule has 2 aromatic carbocycles. The van der Waals surface area contributed by atoms with Crippen LogP contribution in [0.4, 0.5) is 0 Å². The van der Waals surface area contributed by atoms with Crippen LogP contribution in [0.3, 0.4) is 0 Å². The molecule has 2 rings (SSSR count). The molecule has 0 radical (unpaired) electrons. The summed E-state index contributed by atoms with van der Waals surface area (Å²) in [6, 6.07) is 12.6. The zero-order chi connectivity index (χ0) is 15.4.